The fraction of sp³-hybridized carbons (Fsp3) is 0.600. The lowest BCUT2D eigenvalue weighted by atomic mass is 9.79. The van der Waals surface area contributed by atoms with E-state index in [9.17, 15) is 9.59 Å². The molecule has 0 aromatic carbocycles. The molecule has 0 aliphatic rings. The highest BCUT2D eigenvalue weighted by Crippen LogP contribution is 2.33. The molecule has 0 rings (SSSR count). The maximum absolute atomic E-state index is 12.0. The molecule has 0 aliphatic carbocycles. The van der Waals surface area contributed by atoms with Gasteiger partial charge in [0, 0.05) is 0 Å². The van der Waals surface area contributed by atoms with Gasteiger partial charge in [0.2, 0.25) is 0 Å². The Morgan fingerprint density at radius 2 is 1.74 bits per heavy atom. The Labute approximate surface area is 115 Å². The maximum Gasteiger partial charge on any atom is 0.323 e. The molecular weight excluding hydrogens is 244 g/mol. The minimum atomic E-state index is -1.24. The molecule has 0 saturated heterocycles. The van der Waals surface area contributed by atoms with E-state index < -0.39 is 17.4 Å². The molecule has 108 valence electrons. The highest BCUT2D eigenvalue weighted by molar-refractivity contribution is 6.00. The summed E-state index contributed by atoms with van der Waals surface area (Å²) in [5, 5.41) is 0. The number of carbonyl (C=O) groups excluding carboxylic acids is 2. The minimum absolute atomic E-state index is 0.303. The van der Waals surface area contributed by atoms with Crippen molar-refractivity contribution in [3.63, 3.8) is 0 Å². The Morgan fingerprint density at radius 1 is 1.16 bits per heavy atom. The van der Waals surface area contributed by atoms with Crippen molar-refractivity contribution in [2.24, 2.45) is 5.41 Å². The Balaban J connectivity index is 5.18. The average Bonchev–Trinajstić information content (AvgIpc) is 2.44. The molecule has 0 radical (unpaired) electrons. The van der Waals surface area contributed by atoms with Gasteiger partial charge in [-0.05, 0) is 32.1 Å². The first-order valence-corrected chi connectivity index (χ1v) is 6.51. The second-order valence-corrected chi connectivity index (χ2v) is 4.33. The molecule has 4 heteroatoms. The van der Waals surface area contributed by atoms with Crippen LogP contribution in [0.15, 0.2) is 24.8 Å². The molecule has 0 atom stereocenters. The SMILES string of the molecule is C=CCCCC(C/C=C/CC)(C(=O)OC)C(=O)OC. The normalized spacial score (nSPS) is 11.3. The van der Waals surface area contributed by atoms with E-state index in [1.807, 2.05) is 19.1 Å². The number of allylic oxidation sites excluding steroid dienone is 3. The number of unbranched alkanes of at least 4 members (excludes halogenated alkanes) is 1. The van der Waals surface area contributed by atoms with Crippen molar-refractivity contribution >= 4 is 11.9 Å². The predicted octanol–water partition coefficient (Wildman–Crippen LogP) is 3.03. The molecule has 0 aliphatic heterocycles. The second kappa shape index (κ2) is 9.36. The Kier molecular flexibility index (Phi) is 8.58. The minimum Gasteiger partial charge on any atom is -0.468 e. The molecule has 0 bridgehead atoms. The fourth-order valence-corrected chi connectivity index (χ4v) is 1.95. The van der Waals surface area contributed by atoms with Gasteiger partial charge >= 0.3 is 11.9 Å². The summed E-state index contributed by atoms with van der Waals surface area (Å²) in [4.78, 5) is 24.1. The van der Waals surface area contributed by atoms with E-state index in [-0.39, 0.29) is 0 Å². The van der Waals surface area contributed by atoms with Crippen LogP contribution in [0, 0.1) is 5.41 Å². The van der Waals surface area contributed by atoms with Crippen molar-refractivity contribution < 1.29 is 19.1 Å². The molecule has 0 fully saturated rings. The van der Waals surface area contributed by atoms with Crippen LogP contribution in [-0.2, 0) is 19.1 Å². The van der Waals surface area contributed by atoms with Crippen molar-refractivity contribution in [1.82, 2.24) is 0 Å². The van der Waals surface area contributed by atoms with Crippen LogP contribution < -0.4 is 0 Å². The van der Waals surface area contributed by atoms with E-state index in [1.165, 1.54) is 14.2 Å². The van der Waals surface area contributed by atoms with Gasteiger partial charge in [0.1, 0.15) is 0 Å². The smallest absolute Gasteiger partial charge is 0.323 e. The quantitative estimate of drug-likeness (QED) is 0.279. The van der Waals surface area contributed by atoms with Crippen LogP contribution in [0.2, 0.25) is 0 Å². The molecular formula is C15H24O4. The molecule has 0 aromatic rings. The highest BCUT2D eigenvalue weighted by atomic mass is 16.5. The standard InChI is InChI=1S/C15H24O4/c1-5-7-9-11-15(13(16)18-3,14(17)19-4)12-10-8-6-2/h5,8,10H,1,6-7,9,11-12H2,2-4H3/b10-8+. The summed E-state index contributed by atoms with van der Waals surface area (Å²) in [6.07, 6.45) is 8.51. The van der Waals surface area contributed by atoms with E-state index in [0.717, 1.165) is 12.8 Å². The molecule has 0 N–H and O–H groups in total. The van der Waals surface area contributed by atoms with E-state index >= 15 is 0 Å². The monoisotopic (exact) mass is 268 g/mol. The summed E-state index contributed by atoms with van der Waals surface area (Å²) in [5.41, 5.74) is -1.24. The maximum atomic E-state index is 12.0. The van der Waals surface area contributed by atoms with Crippen molar-refractivity contribution in [3.8, 4) is 0 Å². The molecule has 4 nitrogen and oxygen atoms in total. The van der Waals surface area contributed by atoms with Crippen LogP contribution >= 0.6 is 0 Å². The van der Waals surface area contributed by atoms with Gasteiger partial charge in [-0.1, -0.05) is 25.2 Å². The predicted molar refractivity (Wildman–Crippen MR) is 74.6 cm³/mol. The number of esters is 2. The third kappa shape index (κ3) is 4.89. The van der Waals surface area contributed by atoms with E-state index in [1.54, 1.807) is 6.08 Å². The van der Waals surface area contributed by atoms with Crippen LogP contribution in [0.1, 0.15) is 39.0 Å². The Bertz CT molecular complexity index is 315. The van der Waals surface area contributed by atoms with Gasteiger partial charge in [-0.25, -0.2) is 0 Å². The van der Waals surface area contributed by atoms with E-state index in [4.69, 9.17) is 9.47 Å². The Morgan fingerprint density at radius 3 is 2.16 bits per heavy atom. The molecule has 0 amide bonds. The zero-order valence-corrected chi connectivity index (χ0v) is 12.1. The zero-order chi connectivity index (χ0) is 14.7. The topological polar surface area (TPSA) is 52.6 Å². The number of rotatable bonds is 9. The zero-order valence-electron chi connectivity index (χ0n) is 12.1. The molecule has 0 spiro atoms. The second-order valence-electron chi connectivity index (χ2n) is 4.33. The third-order valence-corrected chi connectivity index (χ3v) is 3.03. The van der Waals surface area contributed by atoms with Gasteiger partial charge in [0.05, 0.1) is 14.2 Å². The first-order valence-electron chi connectivity index (χ1n) is 6.51. The number of hydrogen-bond donors (Lipinski definition) is 0. The fourth-order valence-electron chi connectivity index (χ4n) is 1.95. The summed E-state index contributed by atoms with van der Waals surface area (Å²) >= 11 is 0. The third-order valence-electron chi connectivity index (χ3n) is 3.03. The number of hydrogen-bond acceptors (Lipinski definition) is 4. The lowest BCUT2D eigenvalue weighted by Gasteiger charge is -2.26. The van der Waals surface area contributed by atoms with Crippen molar-refractivity contribution in [1.29, 1.82) is 0 Å². The van der Waals surface area contributed by atoms with Crippen LogP contribution in [0.25, 0.3) is 0 Å². The highest BCUT2D eigenvalue weighted by Gasteiger charge is 2.46. The molecule has 0 aromatic heterocycles. The molecule has 0 saturated carbocycles. The lowest BCUT2D eigenvalue weighted by Crippen LogP contribution is -2.41. The van der Waals surface area contributed by atoms with Crippen molar-refractivity contribution in [2.75, 3.05) is 14.2 Å². The van der Waals surface area contributed by atoms with Crippen LogP contribution in [0.5, 0.6) is 0 Å². The first kappa shape index (κ1) is 17.4. The average molecular weight is 268 g/mol. The van der Waals surface area contributed by atoms with Gasteiger partial charge in [-0.2, -0.15) is 0 Å². The summed E-state index contributed by atoms with van der Waals surface area (Å²) in [5.74, 6) is -1.08. The van der Waals surface area contributed by atoms with E-state index in [0.29, 0.717) is 19.3 Å². The van der Waals surface area contributed by atoms with Gasteiger partial charge in [0.15, 0.2) is 5.41 Å². The lowest BCUT2D eigenvalue weighted by molar-refractivity contribution is -0.169. The van der Waals surface area contributed by atoms with Gasteiger partial charge in [0.25, 0.3) is 0 Å². The number of ether oxygens (including phenoxy) is 2. The van der Waals surface area contributed by atoms with Gasteiger partial charge < -0.3 is 9.47 Å². The largest absolute Gasteiger partial charge is 0.468 e. The summed E-state index contributed by atoms with van der Waals surface area (Å²) in [7, 11) is 2.58. The Hall–Kier alpha value is -1.58. The summed E-state index contributed by atoms with van der Waals surface area (Å²) < 4.78 is 9.60. The van der Waals surface area contributed by atoms with Crippen molar-refractivity contribution in [3.05, 3.63) is 24.8 Å². The summed E-state index contributed by atoms with van der Waals surface area (Å²) in [6, 6.07) is 0. The van der Waals surface area contributed by atoms with Crippen molar-refractivity contribution in [2.45, 2.75) is 39.0 Å². The van der Waals surface area contributed by atoms with Crippen LogP contribution in [0.3, 0.4) is 0 Å². The summed E-state index contributed by atoms with van der Waals surface area (Å²) in [6.45, 7) is 5.63. The first-order chi connectivity index (χ1) is 9.08. The molecule has 0 unspecified atom stereocenters. The molecule has 19 heavy (non-hydrogen) atoms. The number of methoxy groups -OCH3 is 2. The molecule has 0 heterocycles. The van der Waals surface area contributed by atoms with E-state index in [2.05, 4.69) is 6.58 Å². The van der Waals surface area contributed by atoms with Crippen LogP contribution in [0.4, 0.5) is 0 Å². The number of carbonyl (C=O) groups is 2. The van der Waals surface area contributed by atoms with Crippen LogP contribution in [-0.4, -0.2) is 26.2 Å². The van der Waals surface area contributed by atoms with Gasteiger partial charge in [-0.3, -0.25) is 9.59 Å². The van der Waals surface area contributed by atoms with Gasteiger partial charge in [-0.15, -0.1) is 6.58 Å².